The lowest BCUT2D eigenvalue weighted by atomic mass is 9.64. The number of fused-ring (bicyclic) bond motifs is 1. The lowest BCUT2D eigenvalue weighted by molar-refractivity contribution is -0.144. The van der Waals surface area contributed by atoms with Crippen molar-refractivity contribution in [3.8, 4) is 0 Å². The normalized spacial score (nSPS) is 42.1. The van der Waals surface area contributed by atoms with Gasteiger partial charge in [-0.2, -0.15) is 0 Å². The van der Waals surface area contributed by atoms with Gasteiger partial charge in [0.2, 0.25) is 0 Å². The number of hydrogen-bond donors (Lipinski definition) is 1. The van der Waals surface area contributed by atoms with Crippen LogP contribution in [0.15, 0.2) is 17.9 Å². The highest BCUT2D eigenvalue weighted by Gasteiger charge is 2.59. The van der Waals surface area contributed by atoms with E-state index in [9.17, 15) is 9.90 Å². The van der Waals surface area contributed by atoms with Crippen LogP contribution < -0.4 is 0 Å². The molecule has 0 radical (unpaired) electrons. The van der Waals surface area contributed by atoms with Crippen LogP contribution in [-0.4, -0.2) is 16.5 Å². The van der Waals surface area contributed by atoms with Crippen molar-refractivity contribution in [2.24, 2.45) is 5.41 Å². The topological polar surface area (TPSA) is 37.3 Å². The molecule has 0 unspecified atom stereocenters. The number of carbonyl (C=O) groups excluding carboxylic acids is 1. The molecule has 14 heavy (non-hydrogen) atoms. The van der Waals surface area contributed by atoms with E-state index in [4.69, 9.17) is 0 Å². The Morgan fingerprint density at radius 3 is 2.79 bits per heavy atom. The maximum Gasteiger partial charge on any atom is 0.142 e. The first-order chi connectivity index (χ1) is 6.54. The fourth-order valence-corrected chi connectivity index (χ4v) is 2.93. The number of hydrogen-bond acceptors (Lipinski definition) is 2. The third-order valence-corrected chi connectivity index (χ3v) is 4.06. The van der Waals surface area contributed by atoms with Crippen molar-refractivity contribution in [1.82, 2.24) is 0 Å². The Bertz CT molecular complexity index is 338. The molecule has 76 valence electrons. The standard InChI is InChI=1S/C12H16O2/c1-3-9-6-8-11(2)10(13)5-4-7-12(9,11)14/h14H,1,4-8H2,2H3/t11-,12+/m0/s1. The number of carbonyl (C=O) groups is 1. The molecule has 1 N–H and O–H groups in total. The molecule has 0 aromatic carbocycles. The molecule has 2 rings (SSSR count). The minimum atomic E-state index is -0.940. The Kier molecular flexibility index (Phi) is 1.95. The predicted octanol–water partition coefficient (Wildman–Crippen LogP) is 1.98. The molecule has 0 spiro atoms. The van der Waals surface area contributed by atoms with Crippen LogP contribution in [0.5, 0.6) is 0 Å². The summed E-state index contributed by atoms with van der Waals surface area (Å²) in [7, 11) is 0. The largest absolute Gasteiger partial charge is 0.384 e. The van der Waals surface area contributed by atoms with E-state index in [0.29, 0.717) is 12.8 Å². The van der Waals surface area contributed by atoms with Gasteiger partial charge < -0.3 is 5.11 Å². The summed E-state index contributed by atoms with van der Waals surface area (Å²) in [5.41, 5.74) is 2.15. The zero-order chi connectivity index (χ0) is 10.4. The summed E-state index contributed by atoms with van der Waals surface area (Å²) in [5, 5.41) is 10.5. The molecule has 2 aliphatic carbocycles. The molecule has 2 saturated carbocycles. The van der Waals surface area contributed by atoms with Crippen molar-refractivity contribution in [1.29, 1.82) is 0 Å². The zero-order valence-electron chi connectivity index (χ0n) is 8.60. The van der Waals surface area contributed by atoms with E-state index in [1.165, 1.54) is 0 Å². The fraction of sp³-hybridized carbons (Fsp3) is 0.667. The third-order valence-electron chi connectivity index (χ3n) is 4.06. The van der Waals surface area contributed by atoms with Crippen LogP contribution in [0, 0.1) is 5.41 Å². The Morgan fingerprint density at radius 1 is 1.43 bits per heavy atom. The van der Waals surface area contributed by atoms with Crippen molar-refractivity contribution in [2.75, 3.05) is 0 Å². The Labute approximate surface area is 84.3 Å². The van der Waals surface area contributed by atoms with Gasteiger partial charge in [0, 0.05) is 12.0 Å². The summed E-state index contributed by atoms with van der Waals surface area (Å²) in [5.74, 6) is 0.205. The first kappa shape index (κ1) is 9.70. The highest BCUT2D eigenvalue weighted by atomic mass is 16.3. The van der Waals surface area contributed by atoms with E-state index < -0.39 is 11.0 Å². The average Bonchev–Trinajstić information content (AvgIpc) is 2.41. The van der Waals surface area contributed by atoms with Crippen LogP contribution in [0.4, 0.5) is 0 Å². The maximum atomic E-state index is 11.8. The lowest BCUT2D eigenvalue weighted by Crippen LogP contribution is -2.51. The molecule has 2 atom stereocenters. The second kappa shape index (κ2) is 2.82. The Morgan fingerprint density at radius 2 is 2.14 bits per heavy atom. The van der Waals surface area contributed by atoms with Gasteiger partial charge in [-0.25, -0.2) is 0 Å². The summed E-state index contributed by atoms with van der Waals surface area (Å²) in [6.45, 7) is 5.49. The van der Waals surface area contributed by atoms with Crippen molar-refractivity contribution in [3.63, 3.8) is 0 Å². The van der Waals surface area contributed by atoms with Crippen molar-refractivity contribution < 1.29 is 9.90 Å². The van der Waals surface area contributed by atoms with Gasteiger partial charge in [0.15, 0.2) is 0 Å². The Balaban J connectivity index is 2.52. The highest BCUT2D eigenvalue weighted by Crippen LogP contribution is 2.55. The molecule has 0 aliphatic heterocycles. The number of aliphatic hydroxyl groups is 1. The van der Waals surface area contributed by atoms with Gasteiger partial charge in [-0.1, -0.05) is 6.58 Å². The van der Waals surface area contributed by atoms with Crippen LogP contribution in [0.2, 0.25) is 0 Å². The summed E-state index contributed by atoms with van der Waals surface area (Å²) in [6.07, 6.45) is 3.61. The molecule has 0 saturated heterocycles. The van der Waals surface area contributed by atoms with Gasteiger partial charge in [-0.05, 0) is 32.6 Å². The summed E-state index contributed by atoms with van der Waals surface area (Å²) in [6, 6.07) is 0. The Hall–Kier alpha value is -0.850. The van der Waals surface area contributed by atoms with Crippen LogP contribution in [-0.2, 0) is 4.79 Å². The van der Waals surface area contributed by atoms with Crippen LogP contribution in [0.1, 0.15) is 39.0 Å². The average molecular weight is 192 g/mol. The molecule has 2 nitrogen and oxygen atoms in total. The zero-order valence-corrected chi connectivity index (χ0v) is 8.60. The minimum absolute atomic E-state index is 0.205. The van der Waals surface area contributed by atoms with Crippen LogP contribution >= 0.6 is 0 Å². The molecule has 2 fully saturated rings. The van der Waals surface area contributed by atoms with E-state index >= 15 is 0 Å². The SMILES string of the molecule is C=C=C1CC[C@@]2(C)C(=O)CCC[C@@]12O. The van der Waals surface area contributed by atoms with Crippen molar-refractivity contribution in [2.45, 2.75) is 44.6 Å². The molecule has 0 heterocycles. The molecule has 2 heteroatoms. The van der Waals surface area contributed by atoms with Gasteiger partial charge >= 0.3 is 0 Å². The van der Waals surface area contributed by atoms with Gasteiger partial charge in [-0.3, -0.25) is 4.79 Å². The fourth-order valence-electron chi connectivity index (χ4n) is 2.93. The third kappa shape index (κ3) is 0.930. The molecule has 0 aromatic heterocycles. The van der Waals surface area contributed by atoms with E-state index in [-0.39, 0.29) is 5.78 Å². The molecule has 0 amide bonds. The second-order valence-corrected chi connectivity index (χ2v) is 4.62. The molecular weight excluding hydrogens is 176 g/mol. The number of rotatable bonds is 0. The minimum Gasteiger partial charge on any atom is -0.384 e. The molecular formula is C12H16O2. The molecule has 0 aromatic rings. The summed E-state index contributed by atoms with van der Waals surface area (Å²) < 4.78 is 0. The van der Waals surface area contributed by atoms with Crippen LogP contribution in [0.25, 0.3) is 0 Å². The van der Waals surface area contributed by atoms with E-state index in [1.807, 2.05) is 6.92 Å². The number of Topliss-reactive ketones (excluding diaryl/α,β-unsaturated/α-hetero) is 1. The lowest BCUT2D eigenvalue weighted by Gasteiger charge is -2.42. The first-order valence-electron chi connectivity index (χ1n) is 5.20. The van der Waals surface area contributed by atoms with Gasteiger partial charge in [0.1, 0.15) is 11.4 Å². The second-order valence-electron chi connectivity index (χ2n) is 4.62. The van der Waals surface area contributed by atoms with Gasteiger partial charge in [-0.15, -0.1) is 5.73 Å². The number of ketones is 1. The first-order valence-corrected chi connectivity index (χ1v) is 5.20. The maximum absolute atomic E-state index is 11.8. The van der Waals surface area contributed by atoms with Crippen molar-refractivity contribution >= 4 is 5.78 Å². The van der Waals surface area contributed by atoms with E-state index in [2.05, 4.69) is 12.3 Å². The van der Waals surface area contributed by atoms with Crippen LogP contribution in [0.3, 0.4) is 0 Å². The summed E-state index contributed by atoms with van der Waals surface area (Å²) >= 11 is 0. The summed E-state index contributed by atoms with van der Waals surface area (Å²) in [4.78, 5) is 11.8. The van der Waals surface area contributed by atoms with Gasteiger partial charge in [0.05, 0.1) is 5.41 Å². The molecule has 2 aliphatic rings. The van der Waals surface area contributed by atoms with E-state index in [0.717, 1.165) is 24.8 Å². The predicted molar refractivity (Wildman–Crippen MR) is 53.8 cm³/mol. The van der Waals surface area contributed by atoms with E-state index in [1.54, 1.807) is 0 Å². The highest BCUT2D eigenvalue weighted by molar-refractivity contribution is 5.88. The monoisotopic (exact) mass is 192 g/mol. The smallest absolute Gasteiger partial charge is 0.142 e. The quantitative estimate of drug-likeness (QED) is 0.596. The van der Waals surface area contributed by atoms with Crippen molar-refractivity contribution in [3.05, 3.63) is 17.9 Å². The molecule has 0 bridgehead atoms. The van der Waals surface area contributed by atoms with Gasteiger partial charge in [0.25, 0.3) is 0 Å².